The summed E-state index contributed by atoms with van der Waals surface area (Å²) in [5, 5.41) is 46.7. The normalized spacial score (nSPS) is 17.1. The van der Waals surface area contributed by atoms with Crippen LogP contribution in [-0.4, -0.2) is 69.8 Å². The topological polar surface area (TPSA) is 160 Å². The Morgan fingerprint density at radius 2 is 1.09 bits per heavy atom. The van der Waals surface area contributed by atoms with Crippen molar-refractivity contribution in [2.45, 2.75) is 121 Å². The fourth-order valence-electron chi connectivity index (χ4n) is 3.34. The first kappa shape index (κ1) is 36.1. The van der Waals surface area contributed by atoms with Gasteiger partial charge in [-0.2, -0.15) is 0 Å². The zero-order valence-corrected chi connectivity index (χ0v) is 23.5. The van der Waals surface area contributed by atoms with E-state index in [1.807, 2.05) is 0 Å². The van der Waals surface area contributed by atoms with E-state index in [1.54, 1.807) is 0 Å². The summed E-state index contributed by atoms with van der Waals surface area (Å²) in [4.78, 5) is 11.7. The molecule has 5 N–H and O–H groups in total. The third-order valence-corrected chi connectivity index (χ3v) is 6.44. The van der Waals surface area contributed by atoms with Crippen LogP contribution in [0.4, 0.5) is 0 Å². The van der Waals surface area contributed by atoms with Crippen LogP contribution in [0.2, 0.25) is 0 Å². The van der Waals surface area contributed by atoms with Gasteiger partial charge in [0.25, 0.3) is 7.82 Å². The number of aliphatic hydroxyl groups excluding tert-OH is 5. The summed E-state index contributed by atoms with van der Waals surface area (Å²) in [6.45, 7) is 0.544. The Kier molecular flexibility index (Phi) is 25.5. The monoisotopic (exact) mass is 508 g/mol. The van der Waals surface area contributed by atoms with E-state index in [2.05, 4.69) is 11.4 Å². The summed E-state index contributed by atoms with van der Waals surface area (Å²) in [5.41, 5.74) is 0. The first-order valence-electron chi connectivity index (χ1n) is 12.2. The minimum atomic E-state index is -4.65. The van der Waals surface area contributed by atoms with Gasteiger partial charge in [0.05, 0.1) is 19.8 Å². The van der Waals surface area contributed by atoms with Gasteiger partial charge in [0, 0.05) is 0 Å². The van der Waals surface area contributed by atoms with Crippen molar-refractivity contribution in [2.24, 2.45) is 0 Å². The SMILES string of the molecule is CCCCCCCCCCCCCCCCOP(=O)([O-])OC[C@H](O)[C@@H](O)[C@H](O)[C@H](O)CO.[Na+]. The number of unbranched alkanes of at least 4 members (excludes halogenated alkanes) is 13. The van der Waals surface area contributed by atoms with Gasteiger partial charge in [-0.3, -0.25) is 4.57 Å². The molecule has 0 aromatic heterocycles. The van der Waals surface area contributed by atoms with E-state index in [-0.39, 0.29) is 36.2 Å². The molecule has 0 fully saturated rings. The molecule has 0 saturated heterocycles. The molecule has 0 saturated carbocycles. The van der Waals surface area contributed by atoms with Crippen molar-refractivity contribution in [1.29, 1.82) is 0 Å². The summed E-state index contributed by atoms with van der Waals surface area (Å²) in [6.07, 6.45) is 9.44. The Balaban J connectivity index is 0. The number of rotatable bonds is 23. The Labute approximate surface area is 221 Å². The first-order valence-corrected chi connectivity index (χ1v) is 13.6. The Morgan fingerprint density at radius 1 is 0.697 bits per heavy atom. The number of phosphoric acid groups is 1. The van der Waals surface area contributed by atoms with Crippen molar-refractivity contribution in [3.05, 3.63) is 0 Å². The van der Waals surface area contributed by atoms with Crippen molar-refractivity contribution in [3.63, 3.8) is 0 Å². The molecule has 0 aromatic carbocycles. The molecule has 33 heavy (non-hydrogen) atoms. The van der Waals surface area contributed by atoms with Gasteiger partial charge in [0.15, 0.2) is 0 Å². The van der Waals surface area contributed by atoms with Crippen molar-refractivity contribution < 1.29 is 73.6 Å². The Bertz CT molecular complexity index is 473. The molecule has 5 atom stereocenters. The second-order valence-electron chi connectivity index (χ2n) is 8.47. The minimum Gasteiger partial charge on any atom is -0.756 e. The molecule has 0 rings (SSSR count). The van der Waals surface area contributed by atoms with Gasteiger partial charge >= 0.3 is 29.6 Å². The average molecular weight is 509 g/mol. The zero-order chi connectivity index (χ0) is 24.2. The van der Waals surface area contributed by atoms with Crippen LogP contribution in [0.25, 0.3) is 0 Å². The molecule has 11 heteroatoms. The van der Waals surface area contributed by atoms with E-state index >= 15 is 0 Å². The molecule has 0 radical (unpaired) electrons. The van der Waals surface area contributed by atoms with E-state index in [9.17, 15) is 29.9 Å². The molecular weight excluding hydrogens is 462 g/mol. The van der Waals surface area contributed by atoms with E-state index < -0.39 is 45.5 Å². The van der Waals surface area contributed by atoms with E-state index in [4.69, 9.17) is 9.63 Å². The molecule has 0 spiro atoms. The van der Waals surface area contributed by atoms with Gasteiger partial charge in [-0.05, 0) is 6.42 Å². The summed E-state index contributed by atoms with van der Waals surface area (Å²) in [7, 11) is -4.65. The predicted molar refractivity (Wildman–Crippen MR) is 121 cm³/mol. The summed E-state index contributed by atoms with van der Waals surface area (Å²) in [6, 6.07) is 0. The third kappa shape index (κ3) is 20.8. The quantitative estimate of drug-likeness (QED) is 0.0690. The fraction of sp³-hybridized carbons (Fsp3) is 1.00. The van der Waals surface area contributed by atoms with Gasteiger partial charge in [-0.1, -0.05) is 90.4 Å². The van der Waals surface area contributed by atoms with Crippen LogP contribution in [0.1, 0.15) is 96.8 Å². The van der Waals surface area contributed by atoms with Crippen molar-refractivity contribution in [1.82, 2.24) is 0 Å². The van der Waals surface area contributed by atoms with E-state index in [1.165, 1.54) is 64.2 Å². The summed E-state index contributed by atoms with van der Waals surface area (Å²) in [5.74, 6) is 0. The molecule has 0 aromatic rings. The molecule has 0 amide bonds. The molecule has 194 valence electrons. The van der Waals surface area contributed by atoms with Crippen molar-refractivity contribution in [2.75, 3.05) is 19.8 Å². The van der Waals surface area contributed by atoms with Crippen LogP contribution in [0.5, 0.6) is 0 Å². The molecule has 0 bridgehead atoms. The first-order chi connectivity index (χ1) is 15.2. The van der Waals surface area contributed by atoms with Gasteiger partial charge in [0.1, 0.15) is 24.4 Å². The van der Waals surface area contributed by atoms with Crippen LogP contribution in [0.3, 0.4) is 0 Å². The van der Waals surface area contributed by atoms with Crippen molar-refractivity contribution >= 4 is 7.82 Å². The number of aliphatic hydroxyl groups is 5. The Morgan fingerprint density at radius 3 is 1.52 bits per heavy atom. The third-order valence-electron chi connectivity index (χ3n) is 5.48. The standard InChI is InChI=1S/C22H47O9P.Na/c1-2-3-4-5-6-7-8-9-10-11-12-13-14-15-16-30-32(28,29)31-18-20(25)22(27)21(26)19(24)17-23;/h19-27H,2-18H2,1H3,(H,28,29);/q;+1/p-1/t19-,20+,21-,22-;/m1./s1. The smallest absolute Gasteiger partial charge is 0.756 e. The van der Waals surface area contributed by atoms with Gasteiger partial charge < -0.3 is 39.5 Å². The van der Waals surface area contributed by atoms with Crippen LogP contribution in [0.15, 0.2) is 0 Å². The fourth-order valence-corrected chi connectivity index (χ4v) is 4.10. The van der Waals surface area contributed by atoms with Crippen LogP contribution >= 0.6 is 7.82 Å². The van der Waals surface area contributed by atoms with E-state index in [0.717, 1.165) is 19.3 Å². The Hall–Kier alpha value is 0.910. The minimum absolute atomic E-state index is 0. The molecular formula is C22H46NaO9P. The second kappa shape index (κ2) is 23.3. The second-order valence-corrected chi connectivity index (χ2v) is 9.88. The maximum absolute atomic E-state index is 11.7. The number of phosphoric ester groups is 1. The van der Waals surface area contributed by atoms with Crippen LogP contribution in [0, 0.1) is 0 Å². The van der Waals surface area contributed by atoms with Crippen LogP contribution < -0.4 is 34.5 Å². The van der Waals surface area contributed by atoms with Gasteiger partial charge in [-0.25, -0.2) is 0 Å². The molecule has 1 unspecified atom stereocenters. The zero-order valence-electron chi connectivity index (χ0n) is 20.6. The number of hydrogen-bond acceptors (Lipinski definition) is 9. The van der Waals surface area contributed by atoms with Crippen LogP contribution in [-0.2, 0) is 13.6 Å². The number of hydrogen-bond donors (Lipinski definition) is 5. The maximum Gasteiger partial charge on any atom is 1.00 e. The largest absolute Gasteiger partial charge is 1.00 e. The molecule has 9 nitrogen and oxygen atoms in total. The maximum atomic E-state index is 11.7. The molecule has 0 aliphatic rings. The van der Waals surface area contributed by atoms with Crippen molar-refractivity contribution in [3.8, 4) is 0 Å². The van der Waals surface area contributed by atoms with Gasteiger partial charge in [-0.15, -0.1) is 0 Å². The summed E-state index contributed by atoms with van der Waals surface area (Å²) < 4.78 is 20.9. The van der Waals surface area contributed by atoms with Gasteiger partial charge in [0.2, 0.25) is 0 Å². The molecule has 0 aliphatic heterocycles. The van der Waals surface area contributed by atoms with E-state index in [0.29, 0.717) is 6.42 Å². The predicted octanol–water partition coefficient (Wildman–Crippen LogP) is -0.591. The average Bonchev–Trinajstić information content (AvgIpc) is 2.78. The summed E-state index contributed by atoms with van der Waals surface area (Å²) >= 11 is 0. The molecule has 0 heterocycles. The molecule has 0 aliphatic carbocycles.